The predicted octanol–water partition coefficient (Wildman–Crippen LogP) is 18.1. The third kappa shape index (κ3) is 52.2. The number of anilines is 4. The van der Waals surface area contributed by atoms with E-state index in [4.69, 9.17) is 40.6 Å². The quantitative estimate of drug-likeness (QED) is 0.0161. The van der Waals surface area contributed by atoms with Crippen molar-refractivity contribution in [2.24, 2.45) is 11.5 Å². The molecule has 4 atom stereocenters. The molecule has 12 N–H and O–H groups in total. The van der Waals surface area contributed by atoms with E-state index in [2.05, 4.69) is 175 Å². The van der Waals surface area contributed by atoms with E-state index in [1.54, 1.807) is 138 Å². The van der Waals surface area contributed by atoms with Gasteiger partial charge in [0, 0.05) is 136 Å². The number of halogens is 9. The molecule has 0 aliphatic rings. The van der Waals surface area contributed by atoms with Gasteiger partial charge in [0.15, 0.2) is 0 Å². The first kappa shape index (κ1) is 126. The van der Waals surface area contributed by atoms with Crippen LogP contribution in [-0.2, 0) is 40.1 Å². The molecule has 1 unspecified atom stereocenters. The molecule has 4 aromatic carbocycles. The number of hydrogen-bond donors (Lipinski definition) is 10. The van der Waals surface area contributed by atoms with Crippen LogP contribution in [0, 0.1) is 0 Å². The van der Waals surface area contributed by atoms with Crippen molar-refractivity contribution in [2.45, 2.75) is 164 Å². The number of unbranched alkanes of at least 4 members (excludes halogenated alkanes) is 4. The summed E-state index contributed by atoms with van der Waals surface area (Å²) in [6, 6.07) is 39.4. The molecule has 0 spiro atoms. The van der Waals surface area contributed by atoms with Crippen LogP contribution in [0.1, 0.15) is 228 Å². The van der Waals surface area contributed by atoms with Crippen molar-refractivity contribution in [2.75, 3.05) is 70.3 Å². The summed E-state index contributed by atoms with van der Waals surface area (Å²) in [6.07, 6.45) is 15.3. The molecule has 0 fully saturated rings. The van der Waals surface area contributed by atoms with Gasteiger partial charge in [0.1, 0.15) is 0 Å². The average molecular weight is 2820 g/mol. The number of carbonyl (C=O) groups excluding carboxylic acids is 2. The Balaban J connectivity index is -0.000000701. The number of aromatic nitrogens is 4. The molecule has 0 radical (unpaired) electrons. The molecule has 0 bridgehead atoms. The summed E-state index contributed by atoms with van der Waals surface area (Å²) in [5.41, 5.74) is 16.6. The Morgan fingerprint density at radius 2 is 0.581 bits per heavy atom. The van der Waals surface area contributed by atoms with Crippen LogP contribution >= 0.6 is 160 Å². The Bertz CT molecular complexity index is 4460. The molecule has 0 saturated heterocycles. The van der Waals surface area contributed by atoms with Crippen molar-refractivity contribution in [1.82, 2.24) is 30.6 Å². The summed E-state index contributed by atoms with van der Waals surface area (Å²) in [4.78, 5) is 63.9. The van der Waals surface area contributed by atoms with E-state index in [0.29, 0.717) is 75.3 Å². The van der Waals surface area contributed by atoms with E-state index in [1.165, 1.54) is 24.3 Å². The summed E-state index contributed by atoms with van der Waals surface area (Å²) in [5, 5.41) is 23.7. The first-order valence-electron chi connectivity index (χ1n) is 37.8. The number of aromatic carboxylic acids is 2. The molecule has 0 saturated carbocycles. The average Bonchev–Trinajstić information content (AvgIpc) is 0.826. The zero-order chi connectivity index (χ0) is 91.6. The van der Waals surface area contributed by atoms with E-state index in [0.717, 1.165) is 60.8 Å². The molecule has 8 rings (SSSR count). The number of carboxylic acid groups (broad SMARTS) is 2. The van der Waals surface area contributed by atoms with Crippen molar-refractivity contribution >= 4 is 246 Å². The molecule has 30 nitrogen and oxygen atoms in total. The summed E-state index contributed by atoms with van der Waals surface area (Å²) < 4.78 is 125. The molecule has 698 valence electrons. The van der Waals surface area contributed by atoms with Gasteiger partial charge in [0.2, 0.25) is 63.6 Å². The van der Waals surface area contributed by atoms with Crippen LogP contribution in [0.5, 0.6) is 23.5 Å². The van der Waals surface area contributed by atoms with Crippen LogP contribution in [-0.4, -0.2) is 139 Å². The number of nitrogens with two attached hydrogens (primary N) is 2. The van der Waals surface area contributed by atoms with E-state index in [-0.39, 0.29) is 159 Å². The van der Waals surface area contributed by atoms with Gasteiger partial charge in [-0.05, 0) is 122 Å². The standard InChI is InChI=1S/2C20H27N3O4S.2C11H15NO4S.2C9H14N2O.CH4.I3.2I2.2HI/c2*1-4-6-13-28(25,26)23-18-10-8-7-9-16(18)20(24)22-17(5-2)15-11-12-19(27-3)21-14-15;2*1-2-3-8-17(15,16)12-10-7-5-4-6-9(10)11(13)14;2*1-3-8(10)7-4-5-9(12-2)11-6-7;;1-3-2;2*1-2;;/h2*7-12,14,17,23H,4-6,13H2,1-3H3,(H,22,24);2*4-7,12H,2-3,8H2,1H3,(H,13,14);2*4-6,8H,3,10H2,1-2H3;1H4;;;;2*1H/q;;;;;;;-1;;;;/t2*17-;;;8-;;;;;;;/m11..1......./s1. The van der Waals surface area contributed by atoms with Gasteiger partial charge in [-0.3, -0.25) is 28.5 Å². The van der Waals surface area contributed by atoms with Gasteiger partial charge >= 0.3 is 62.4 Å². The van der Waals surface area contributed by atoms with Gasteiger partial charge in [-0.25, -0.2) is 63.2 Å². The van der Waals surface area contributed by atoms with E-state index < -0.39 is 52.0 Å². The van der Waals surface area contributed by atoms with E-state index in [1.807, 2.05) is 77.9 Å². The van der Waals surface area contributed by atoms with Crippen LogP contribution in [0.2, 0.25) is 0 Å². The van der Waals surface area contributed by atoms with Gasteiger partial charge in [0.05, 0.1) is 109 Å². The van der Waals surface area contributed by atoms with Gasteiger partial charge < -0.3 is 51.3 Å². The monoisotopic (exact) mass is 2820 g/mol. The number of pyridine rings is 4. The van der Waals surface area contributed by atoms with Crippen LogP contribution in [0.3, 0.4) is 0 Å². The third-order valence-electron chi connectivity index (χ3n) is 16.6. The maximum absolute atomic E-state index is 12.8. The van der Waals surface area contributed by atoms with Crippen LogP contribution in [0.15, 0.2) is 170 Å². The zero-order valence-electron chi connectivity index (χ0n) is 70.3. The SMILES string of the molecule is C.CCC(N)c1ccc(OC)nc1.CCCCS(=O)(=O)Nc1ccccc1C(=O)N[C@H](CC)c1ccc(OC)nc1.CCCCS(=O)(=O)Nc1ccccc1C(=O)N[C@H](CC)c1ccc(OC)nc1.CCCCS(=O)(=O)Nc1ccccc1C(=O)O.CCCCS(=O)(=O)Nc1ccccc1C(=O)O.CC[C@@H](N)c1ccc(OC)nc1.I.I.II.II.I[I-]I. The second-order valence-corrected chi connectivity index (χ2v) is 49.0. The molecule has 0 aliphatic heterocycles. The molecule has 8 aromatic rings. The fourth-order valence-electron chi connectivity index (χ4n) is 9.96. The molecule has 4 aromatic heterocycles. The van der Waals surface area contributed by atoms with Crippen LogP contribution < -0.4 is 73.2 Å². The molecule has 0 aliphatic carbocycles. The Morgan fingerprint density at radius 3 is 0.766 bits per heavy atom. The summed E-state index contributed by atoms with van der Waals surface area (Å²) in [5.74, 6) is -0.721. The van der Waals surface area contributed by atoms with E-state index in [9.17, 15) is 52.8 Å². The van der Waals surface area contributed by atoms with Crippen molar-refractivity contribution in [1.29, 1.82) is 0 Å². The summed E-state index contributed by atoms with van der Waals surface area (Å²) >= 11 is 13.8. The Hall–Kier alpha value is -3.95. The minimum atomic E-state index is -3.50. The number of sulfonamides is 4. The maximum atomic E-state index is 12.8. The Labute approximate surface area is 844 Å². The predicted molar refractivity (Wildman–Crippen MR) is 569 cm³/mol. The molecule has 2 amide bonds. The fraction of sp³-hybridized carbons (Fsp3) is 0.407. The minimum absolute atomic E-state index is 0. The van der Waals surface area contributed by atoms with Gasteiger partial charge in [-0.2, -0.15) is 0 Å². The fourth-order valence-corrected chi connectivity index (χ4v) is 15.1. The Morgan fingerprint density at radius 1 is 0.371 bits per heavy atom. The molecule has 124 heavy (non-hydrogen) atoms. The van der Waals surface area contributed by atoms with Crippen molar-refractivity contribution in [3.05, 3.63) is 215 Å². The number of amides is 2. The van der Waals surface area contributed by atoms with E-state index >= 15 is 0 Å². The van der Waals surface area contributed by atoms with Crippen molar-refractivity contribution in [3.63, 3.8) is 0 Å². The van der Waals surface area contributed by atoms with Crippen LogP contribution in [0.4, 0.5) is 22.7 Å². The van der Waals surface area contributed by atoms with Crippen molar-refractivity contribution in [3.8, 4) is 23.5 Å². The second kappa shape index (κ2) is 72.7. The number of benzene rings is 4. The first-order valence-corrected chi connectivity index (χ1v) is 69.6. The molecule has 4 heterocycles. The van der Waals surface area contributed by atoms with Gasteiger partial charge in [-0.1, -0.05) is 161 Å². The van der Waals surface area contributed by atoms with Crippen molar-refractivity contribution < 1.29 is 95.3 Å². The van der Waals surface area contributed by atoms with Crippen LogP contribution in [0.25, 0.3) is 0 Å². The number of nitrogens with zero attached hydrogens (tertiary/aromatic N) is 4. The summed E-state index contributed by atoms with van der Waals surface area (Å²) in [7, 11) is -7.65. The zero-order valence-corrected chi connectivity index (χ0v) is 93.3. The number of para-hydroxylation sites is 4. The van der Waals surface area contributed by atoms with Gasteiger partial charge in [0.25, 0.3) is 11.8 Å². The second-order valence-electron chi connectivity index (χ2n) is 25.4. The number of nitrogens with one attached hydrogen (secondary N) is 6. The number of methoxy groups -OCH3 is 4. The normalized spacial score (nSPS) is 11.3. The Kier molecular flexibility index (Phi) is 74.1. The molecular weight excluding hydrogens is 2700 g/mol. The molecule has 43 heteroatoms. The number of carbonyl (C=O) groups is 4. The number of hydrogen-bond acceptors (Lipinski definition) is 22. The number of carboxylic acids is 2. The number of ether oxygens (including phenoxy) is 4. The third-order valence-corrected chi connectivity index (χ3v) is 22.1. The van der Waals surface area contributed by atoms with Gasteiger partial charge in [-0.15, -0.1) is 48.0 Å². The molecular formula is C81H118I9N12O18S4-. The first-order chi connectivity index (χ1) is 57.7. The summed E-state index contributed by atoms with van der Waals surface area (Å²) in [6.45, 7) is 15.6. The number of rotatable bonds is 38. The topological polar surface area (TPSA) is 458 Å².